The number of amides is 2. The van der Waals surface area contributed by atoms with Crippen molar-refractivity contribution in [1.29, 1.82) is 0 Å². The Labute approximate surface area is 163 Å². The summed E-state index contributed by atoms with van der Waals surface area (Å²) in [6.07, 6.45) is 3.49. The van der Waals surface area contributed by atoms with Gasteiger partial charge >= 0.3 is 5.97 Å². The number of anilines is 1. The predicted octanol–water partition coefficient (Wildman–Crippen LogP) is 3.68. The molecule has 2 atom stereocenters. The summed E-state index contributed by atoms with van der Waals surface area (Å²) in [5.41, 5.74) is 2.55. The van der Waals surface area contributed by atoms with Gasteiger partial charge in [-0.2, -0.15) is 0 Å². The van der Waals surface area contributed by atoms with Gasteiger partial charge in [-0.1, -0.05) is 42.0 Å². The van der Waals surface area contributed by atoms with Crippen molar-refractivity contribution in [2.45, 2.75) is 26.2 Å². The normalized spacial score (nSPS) is 21.3. The number of esters is 1. The van der Waals surface area contributed by atoms with E-state index < -0.39 is 0 Å². The Morgan fingerprint density at radius 2 is 1.68 bits per heavy atom. The van der Waals surface area contributed by atoms with Crippen LogP contribution in [0.3, 0.4) is 0 Å². The molecule has 0 N–H and O–H groups in total. The van der Waals surface area contributed by atoms with Gasteiger partial charge in [0.05, 0.1) is 23.9 Å². The van der Waals surface area contributed by atoms with E-state index in [1.54, 1.807) is 24.3 Å². The zero-order valence-electron chi connectivity index (χ0n) is 15.6. The quantitative estimate of drug-likeness (QED) is 0.354. The van der Waals surface area contributed by atoms with E-state index in [0.717, 1.165) is 11.1 Å². The molecule has 5 nitrogen and oxygen atoms in total. The summed E-state index contributed by atoms with van der Waals surface area (Å²) in [6.45, 7) is 2.00. The van der Waals surface area contributed by atoms with Gasteiger partial charge in [0.25, 0.3) is 0 Å². The first-order valence-electron chi connectivity index (χ1n) is 9.41. The highest BCUT2D eigenvalue weighted by atomic mass is 16.5. The topological polar surface area (TPSA) is 63.7 Å². The molecule has 2 aliphatic rings. The van der Waals surface area contributed by atoms with Crippen LogP contribution in [0.1, 0.15) is 25.3 Å². The van der Waals surface area contributed by atoms with Crippen molar-refractivity contribution in [3.05, 3.63) is 71.8 Å². The summed E-state index contributed by atoms with van der Waals surface area (Å²) in [6, 6.07) is 15.9. The summed E-state index contributed by atoms with van der Waals surface area (Å²) in [5, 5.41) is 0. The van der Waals surface area contributed by atoms with Crippen LogP contribution in [-0.2, 0) is 20.8 Å². The van der Waals surface area contributed by atoms with E-state index >= 15 is 0 Å². The highest BCUT2D eigenvalue weighted by Crippen LogP contribution is 2.39. The average molecular weight is 375 g/mol. The number of hydrogen-bond donors (Lipinski definition) is 0. The molecular weight excluding hydrogens is 354 g/mol. The Balaban J connectivity index is 1.44. The fourth-order valence-corrected chi connectivity index (χ4v) is 3.89. The van der Waals surface area contributed by atoms with Gasteiger partial charge in [0.1, 0.15) is 5.75 Å². The number of ether oxygens (including phenoxy) is 1. The fraction of sp³-hybridized carbons (Fsp3) is 0.261. The van der Waals surface area contributed by atoms with Crippen molar-refractivity contribution in [1.82, 2.24) is 0 Å². The van der Waals surface area contributed by atoms with Crippen molar-refractivity contribution in [3.8, 4) is 5.75 Å². The van der Waals surface area contributed by atoms with Crippen LogP contribution < -0.4 is 9.64 Å². The lowest BCUT2D eigenvalue weighted by Crippen LogP contribution is -2.30. The van der Waals surface area contributed by atoms with E-state index in [4.69, 9.17) is 4.74 Å². The largest absolute Gasteiger partial charge is 0.426 e. The van der Waals surface area contributed by atoms with E-state index in [-0.39, 0.29) is 36.0 Å². The van der Waals surface area contributed by atoms with Gasteiger partial charge in [-0.15, -0.1) is 0 Å². The molecule has 1 heterocycles. The monoisotopic (exact) mass is 375 g/mol. The molecule has 28 heavy (non-hydrogen) atoms. The molecule has 1 saturated heterocycles. The van der Waals surface area contributed by atoms with Crippen LogP contribution in [0.15, 0.2) is 66.2 Å². The molecule has 0 radical (unpaired) electrons. The standard InChI is InChI=1S/C23H21NO4/c1-15-7-12-19-20(13-15)23(27)24(22(19)26)17-8-10-18(11-9-17)28-21(25)14-16-5-3-2-4-6-16/h2-11,19-20H,12-14H2,1H3/t19-,20-/m1/s1. The summed E-state index contributed by atoms with van der Waals surface area (Å²) < 4.78 is 5.36. The van der Waals surface area contributed by atoms with Gasteiger partial charge in [0.15, 0.2) is 0 Å². The first-order valence-corrected chi connectivity index (χ1v) is 9.41. The molecular formula is C23H21NO4. The van der Waals surface area contributed by atoms with Crippen LogP contribution in [0, 0.1) is 11.8 Å². The van der Waals surface area contributed by atoms with Crippen molar-refractivity contribution < 1.29 is 19.1 Å². The third-order valence-electron chi connectivity index (χ3n) is 5.34. The van der Waals surface area contributed by atoms with E-state index in [1.807, 2.05) is 43.3 Å². The van der Waals surface area contributed by atoms with Crippen LogP contribution in [0.2, 0.25) is 0 Å². The summed E-state index contributed by atoms with van der Waals surface area (Å²) in [5.74, 6) is -0.789. The fourth-order valence-electron chi connectivity index (χ4n) is 3.89. The maximum atomic E-state index is 12.8. The lowest BCUT2D eigenvalue weighted by molar-refractivity contribution is -0.133. The molecule has 0 aromatic heterocycles. The Morgan fingerprint density at radius 3 is 2.39 bits per heavy atom. The van der Waals surface area contributed by atoms with Crippen LogP contribution >= 0.6 is 0 Å². The second-order valence-corrected chi connectivity index (χ2v) is 7.35. The Kier molecular flexibility index (Phi) is 4.82. The van der Waals surface area contributed by atoms with Crippen LogP contribution in [0.25, 0.3) is 0 Å². The second-order valence-electron chi connectivity index (χ2n) is 7.35. The van der Waals surface area contributed by atoms with E-state index in [0.29, 0.717) is 24.3 Å². The van der Waals surface area contributed by atoms with Crippen molar-refractivity contribution in [2.24, 2.45) is 11.8 Å². The average Bonchev–Trinajstić information content (AvgIpc) is 2.93. The van der Waals surface area contributed by atoms with Crippen LogP contribution in [0.5, 0.6) is 5.75 Å². The van der Waals surface area contributed by atoms with Gasteiger partial charge in [0, 0.05) is 0 Å². The highest BCUT2D eigenvalue weighted by Gasteiger charge is 2.48. The smallest absolute Gasteiger partial charge is 0.315 e. The van der Waals surface area contributed by atoms with Gasteiger partial charge in [0.2, 0.25) is 11.8 Å². The minimum atomic E-state index is -0.361. The van der Waals surface area contributed by atoms with Gasteiger partial charge in [-0.25, -0.2) is 0 Å². The number of nitrogens with zero attached hydrogens (tertiary/aromatic N) is 1. The molecule has 0 bridgehead atoms. The molecule has 2 aromatic carbocycles. The Hall–Kier alpha value is -3.21. The second kappa shape index (κ2) is 7.43. The van der Waals surface area contributed by atoms with Crippen molar-refractivity contribution in [3.63, 3.8) is 0 Å². The number of rotatable bonds is 4. The van der Waals surface area contributed by atoms with Gasteiger partial charge in [-0.05, 0) is 49.6 Å². The number of carbonyl (C=O) groups is 3. The number of fused-ring (bicyclic) bond motifs is 1. The zero-order valence-corrected chi connectivity index (χ0v) is 15.6. The maximum Gasteiger partial charge on any atom is 0.315 e. The van der Waals surface area contributed by atoms with Crippen molar-refractivity contribution in [2.75, 3.05) is 4.90 Å². The highest BCUT2D eigenvalue weighted by molar-refractivity contribution is 6.22. The summed E-state index contributed by atoms with van der Waals surface area (Å²) in [7, 11) is 0. The number of allylic oxidation sites excluding steroid dienone is 2. The first kappa shape index (κ1) is 18.2. The van der Waals surface area contributed by atoms with Gasteiger partial charge < -0.3 is 4.74 Å². The first-order chi connectivity index (χ1) is 13.5. The lowest BCUT2D eigenvalue weighted by Gasteiger charge is -2.18. The molecule has 1 aliphatic carbocycles. The number of carbonyl (C=O) groups excluding carboxylic acids is 3. The van der Waals surface area contributed by atoms with Gasteiger partial charge in [-0.3, -0.25) is 19.3 Å². The summed E-state index contributed by atoms with van der Waals surface area (Å²) in [4.78, 5) is 38.8. The minimum Gasteiger partial charge on any atom is -0.426 e. The molecule has 2 aromatic rings. The Bertz CT molecular complexity index is 946. The SMILES string of the molecule is CC1=CC[C@H]2C(=O)N(c3ccc(OC(=O)Cc4ccccc4)cc3)C(=O)[C@@H]2C1. The molecule has 0 saturated carbocycles. The zero-order chi connectivity index (χ0) is 19.7. The van der Waals surface area contributed by atoms with E-state index in [2.05, 4.69) is 0 Å². The lowest BCUT2D eigenvalue weighted by atomic mass is 9.82. The number of hydrogen-bond acceptors (Lipinski definition) is 4. The molecule has 4 rings (SSSR count). The molecule has 142 valence electrons. The molecule has 1 fully saturated rings. The van der Waals surface area contributed by atoms with E-state index in [9.17, 15) is 14.4 Å². The molecule has 0 spiro atoms. The van der Waals surface area contributed by atoms with E-state index in [1.165, 1.54) is 4.90 Å². The Morgan fingerprint density at radius 1 is 1.00 bits per heavy atom. The third-order valence-corrected chi connectivity index (χ3v) is 5.34. The minimum absolute atomic E-state index is 0.142. The molecule has 5 heteroatoms. The number of benzene rings is 2. The molecule has 1 aliphatic heterocycles. The maximum absolute atomic E-state index is 12.8. The third kappa shape index (κ3) is 3.48. The van der Waals surface area contributed by atoms with Crippen LogP contribution in [-0.4, -0.2) is 17.8 Å². The molecule has 0 unspecified atom stereocenters. The van der Waals surface area contributed by atoms with Crippen LogP contribution in [0.4, 0.5) is 5.69 Å². The number of imide groups is 1. The summed E-state index contributed by atoms with van der Waals surface area (Å²) >= 11 is 0. The molecule has 2 amide bonds. The van der Waals surface area contributed by atoms with Crippen molar-refractivity contribution >= 4 is 23.5 Å². The predicted molar refractivity (Wildman–Crippen MR) is 105 cm³/mol.